The van der Waals surface area contributed by atoms with Gasteiger partial charge in [0.05, 0.1) is 0 Å². The van der Waals surface area contributed by atoms with E-state index in [4.69, 9.17) is 0 Å². The summed E-state index contributed by atoms with van der Waals surface area (Å²) in [6.45, 7) is 0. The van der Waals surface area contributed by atoms with Gasteiger partial charge in [-0.05, 0) is 93.1 Å². The molecule has 8 aromatic rings. The lowest BCUT2D eigenvalue weighted by molar-refractivity contribution is 0.569. The molecule has 0 aliphatic carbocycles. The van der Waals surface area contributed by atoms with Crippen LogP contribution in [-0.4, -0.2) is 0 Å². The first-order chi connectivity index (χ1) is 35.6. The first-order valence-corrected chi connectivity index (χ1v) is 24.9. The van der Waals surface area contributed by atoms with Gasteiger partial charge in [-0.15, -0.1) is 0 Å². The minimum atomic E-state index is -0.851. The summed E-state index contributed by atoms with van der Waals surface area (Å²) in [5.41, 5.74) is 13.9. The molecule has 5 heterocycles. The Morgan fingerprint density at radius 2 is 0.361 bits per heavy atom. The molecule has 0 saturated heterocycles. The maximum atomic E-state index is 4.37. The van der Waals surface area contributed by atoms with Crippen molar-refractivity contribution in [2.24, 2.45) is 0 Å². The van der Waals surface area contributed by atoms with Gasteiger partial charge in [-0.2, -0.15) is 0 Å². The summed E-state index contributed by atoms with van der Waals surface area (Å²) < 4.78 is 0. The number of hydrogen-bond acceptors (Lipinski definition) is 4. The topological polar surface area (TPSA) is 48.1 Å². The summed E-state index contributed by atoms with van der Waals surface area (Å²) in [5.74, 6) is 0. The van der Waals surface area contributed by atoms with E-state index >= 15 is 0 Å². The summed E-state index contributed by atoms with van der Waals surface area (Å²) in [6.07, 6.45) is 18.9. The number of fused-ring (bicyclic) bond motifs is 8. The lowest BCUT2D eigenvalue weighted by Gasteiger charge is -2.41. The summed E-state index contributed by atoms with van der Waals surface area (Å²) in [5, 5.41) is 17.5. The van der Waals surface area contributed by atoms with Crippen LogP contribution >= 0.6 is 0 Å². The molecule has 4 atom stereocenters. The summed E-state index contributed by atoms with van der Waals surface area (Å²) in [4.78, 5) is 0. The van der Waals surface area contributed by atoms with Gasteiger partial charge < -0.3 is 21.3 Å². The number of nitrogens with one attached hydrogen (secondary N) is 4. The monoisotopic (exact) mass is 924 g/mol. The van der Waals surface area contributed by atoms with E-state index in [0.29, 0.717) is 0 Å². The standard InChI is InChI=1S/C68H52N4/c1-9-25-49(26-10-1)61-57-41-46-66(69-57,54-35-19-6-20-36-54)63(51-29-13-3-14-30-51)59-43-48-68(71-59,56-39-23-8-24-40-56)64(52-31-15-4-16-32-52)60-44-47-67(72-60,55-37-21-7-22-38-55)62(50-27-11-2-12-28-50)58-42-45-65(61,70-58)53-33-17-5-18-34-53/h1-48,69-72H. The Kier molecular flexibility index (Phi) is 10.4. The van der Waals surface area contributed by atoms with Gasteiger partial charge in [0.25, 0.3) is 0 Å². The predicted octanol–water partition coefficient (Wildman–Crippen LogP) is 13.9. The maximum Gasteiger partial charge on any atom is 0.110 e. The van der Waals surface area contributed by atoms with E-state index in [1.165, 1.54) is 0 Å². The molecule has 5 aliphatic heterocycles. The smallest absolute Gasteiger partial charge is 0.110 e. The van der Waals surface area contributed by atoms with Crippen molar-refractivity contribution in [3.8, 4) is 0 Å². The Morgan fingerprint density at radius 3 is 0.542 bits per heavy atom. The van der Waals surface area contributed by atoms with Crippen LogP contribution < -0.4 is 21.3 Å². The second kappa shape index (κ2) is 17.4. The van der Waals surface area contributed by atoms with Gasteiger partial charge in [-0.3, -0.25) is 0 Å². The Morgan fingerprint density at radius 1 is 0.194 bits per heavy atom. The molecule has 0 aromatic heterocycles. The molecule has 8 bridgehead atoms. The van der Waals surface area contributed by atoms with Gasteiger partial charge in [-0.1, -0.05) is 243 Å². The van der Waals surface area contributed by atoms with Crippen LogP contribution in [0.2, 0.25) is 0 Å². The number of allylic oxidation sites excluding steroid dienone is 4. The molecule has 0 saturated carbocycles. The highest BCUT2D eigenvalue weighted by Crippen LogP contribution is 2.54. The van der Waals surface area contributed by atoms with Gasteiger partial charge in [-0.25, -0.2) is 0 Å². The summed E-state index contributed by atoms with van der Waals surface area (Å²) >= 11 is 0. The normalized spacial score (nSPS) is 23.8. The third kappa shape index (κ3) is 6.82. The molecule has 0 fully saturated rings. The van der Waals surface area contributed by atoms with Crippen LogP contribution in [0.4, 0.5) is 0 Å². The molecule has 0 amide bonds. The number of hydrogen-bond donors (Lipinski definition) is 4. The average molecular weight is 925 g/mol. The van der Waals surface area contributed by atoms with Crippen LogP contribution in [0.5, 0.6) is 0 Å². The van der Waals surface area contributed by atoms with Gasteiger partial charge in [0.1, 0.15) is 22.2 Å². The van der Waals surface area contributed by atoms with Gasteiger partial charge in [0.15, 0.2) is 0 Å². The van der Waals surface area contributed by atoms with Crippen LogP contribution in [0.15, 0.2) is 314 Å². The molecule has 4 heteroatoms. The lowest BCUT2D eigenvalue weighted by Crippen LogP contribution is -2.46. The van der Waals surface area contributed by atoms with Crippen molar-refractivity contribution in [2.45, 2.75) is 22.2 Å². The van der Waals surface area contributed by atoms with Gasteiger partial charge >= 0.3 is 0 Å². The lowest BCUT2D eigenvalue weighted by atomic mass is 9.77. The number of benzene rings is 8. The minimum absolute atomic E-state index is 0.851. The maximum absolute atomic E-state index is 4.37. The third-order valence-electron chi connectivity index (χ3n) is 15.1. The van der Waals surface area contributed by atoms with E-state index in [1.807, 2.05) is 0 Å². The average Bonchev–Trinajstić information content (AvgIpc) is 4.29. The Hall–Kier alpha value is -9.12. The third-order valence-corrected chi connectivity index (χ3v) is 15.1. The second-order valence-electron chi connectivity index (χ2n) is 19.1. The zero-order valence-electron chi connectivity index (χ0n) is 39.7. The van der Waals surface area contributed by atoms with Crippen molar-refractivity contribution >= 4 is 22.3 Å². The largest absolute Gasteiger partial charge is 0.368 e. The molecular formula is C68H52N4. The molecule has 5 aliphatic rings. The quantitative estimate of drug-likeness (QED) is 0.123. The van der Waals surface area contributed by atoms with Gasteiger partial charge in [0, 0.05) is 45.1 Å². The van der Waals surface area contributed by atoms with Gasteiger partial charge in [0.2, 0.25) is 0 Å². The van der Waals surface area contributed by atoms with Crippen molar-refractivity contribution in [3.63, 3.8) is 0 Å². The second-order valence-corrected chi connectivity index (χ2v) is 19.1. The molecular weight excluding hydrogens is 873 g/mol. The zero-order valence-corrected chi connectivity index (χ0v) is 39.7. The molecule has 8 aromatic carbocycles. The molecule has 4 N–H and O–H groups in total. The van der Waals surface area contributed by atoms with Crippen LogP contribution in [-0.2, 0) is 22.2 Å². The fraction of sp³-hybridized carbons (Fsp3) is 0.0588. The van der Waals surface area contributed by atoms with Crippen LogP contribution in [0.1, 0.15) is 44.5 Å². The van der Waals surface area contributed by atoms with Crippen LogP contribution in [0.25, 0.3) is 22.3 Å². The molecule has 4 nitrogen and oxygen atoms in total. The molecule has 0 radical (unpaired) electrons. The SMILES string of the molecule is C1=CC2(c3ccccc3)NC1=C(c1ccccc1)C1(c3ccccc3)C=CC(=C(c3ccccc3)C3(c4ccccc4)C=CC(=C(c4ccccc4)C4(c5ccccc5)C=CC(=C2c2ccccc2)N4)N3)N1. The summed E-state index contributed by atoms with van der Waals surface area (Å²) in [7, 11) is 0. The Balaban J connectivity index is 1.21. The van der Waals surface area contributed by atoms with Crippen LogP contribution in [0.3, 0.4) is 0 Å². The van der Waals surface area contributed by atoms with E-state index < -0.39 is 22.2 Å². The predicted molar refractivity (Wildman–Crippen MR) is 295 cm³/mol. The Bertz CT molecular complexity index is 3090. The highest BCUT2D eigenvalue weighted by molar-refractivity contribution is 5.93. The van der Waals surface area contributed by atoms with Crippen molar-refractivity contribution in [2.75, 3.05) is 0 Å². The van der Waals surface area contributed by atoms with Crippen molar-refractivity contribution in [3.05, 3.63) is 359 Å². The Labute approximate surface area is 422 Å². The van der Waals surface area contributed by atoms with E-state index in [2.05, 4.69) is 313 Å². The molecule has 72 heavy (non-hydrogen) atoms. The van der Waals surface area contributed by atoms with Crippen LogP contribution in [0, 0.1) is 0 Å². The summed E-state index contributed by atoms with van der Waals surface area (Å²) in [6, 6.07) is 87.4. The molecule has 13 rings (SSSR count). The van der Waals surface area contributed by atoms with Crippen molar-refractivity contribution in [1.82, 2.24) is 21.3 Å². The van der Waals surface area contributed by atoms with E-state index in [0.717, 1.165) is 89.6 Å². The van der Waals surface area contributed by atoms with E-state index in [1.54, 1.807) is 0 Å². The minimum Gasteiger partial charge on any atom is -0.368 e. The number of rotatable bonds is 8. The van der Waals surface area contributed by atoms with Crippen molar-refractivity contribution in [1.29, 1.82) is 0 Å². The highest BCUT2D eigenvalue weighted by atomic mass is 15.1. The fourth-order valence-corrected chi connectivity index (χ4v) is 12.0. The molecule has 344 valence electrons. The highest BCUT2D eigenvalue weighted by Gasteiger charge is 2.51. The van der Waals surface area contributed by atoms with Crippen molar-refractivity contribution < 1.29 is 0 Å². The first kappa shape index (κ1) is 42.9. The zero-order chi connectivity index (χ0) is 48.0. The van der Waals surface area contributed by atoms with E-state index in [-0.39, 0.29) is 0 Å². The molecule has 0 spiro atoms. The fourth-order valence-electron chi connectivity index (χ4n) is 12.0. The first-order valence-electron chi connectivity index (χ1n) is 24.9. The molecule has 4 unspecified atom stereocenters. The van der Waals surface area contributed by atoms with E-state index in [9.17, 15) is 0 Å².